The quantitative estimate of drug-likeness (QED) is 0.623. The van der Waals surface area contributed by atoms with Crippen LogP contribution in [-0.2, 0) is 6.50 Å². The van der Waals surface area contributed by atoms with Gasteiger partial charge in [0.15, 0.2) is 0 Å². The molecule has 1 aromatic heterocycles. The van der Waals surface area contributed by atoms with Crippen LogP contribution in [0.4, 0.5) is 13.2 Å². The summed E-state index contributed by atoms with van der Waals surface area (Å²) in [4.78, 5) is 20.2. The third-order valence-corrected chi connectivity index (χ3v) is 3.22. The van der Waals surface area contributed by atoms with Crippen LogP contribution in [0.5, 0.6) is 11.5 Å². The molecule has 0 saturated heterocycles. The van der Waals surface area contributed by atoms with Gasteiger partial charge in [0.25, 0.3) is 5.91 Å². The fraction of sp³-hybridized carbons (Fsp3) is 0.190. The van der Waals surface area contributed by atoms with Gasteiger partial charge in [-0.25, -0.2) is 9.97 Å². The maximum absolute atomic E-state index is 14.0. The van der Waals surface area contributed by atoms with E-state index < -0.39 is 131 Å². The zero-order valence-corrected chi connectivity index (χ0v) is 14.2. The normalized spacial score (nSPS) is 25.4. The maximum atomic E-state index is 14.0. The topological polar surface area (TPSA) is 64.6 Å². The molecule has 0 unspecified atom stereocenters. The fourth-order valence-corrected chi connectivity index (χ4v) is 2.06. The molecule has 1 aliphatic rings. The first kappa shape index (κ1) is 8.25. The van der Waals surface area contributed by atoms with Crippen molar-refractivity contribution in [1.82, 2.24) is 14.9 Å². The zero-order valence-electron chi connectivity index (χ0n) is 30.2. The molecule has 2 heterocycles. The summed E-state index contributed by atoms with van der Waals surface area (Å²) in [5.74, 6) is -6.17. The van der Waals surface area contributed by atoms with E-state index in [1.54, 1.807) is 0 Å². The number of halogens is 3. The van der Waals surface area contributed by atoms with Gasteiger partial charge in [0.2, 0.25) is 0 Å². The van der Waals surface area contributed by atoms with Gasteiger partial charge in [-0.15, -0.1) is 13.2 Å². The zero-order chi connectivity index (χ0) is 35.2. The van der Waals surface area contributed by atoms with Gasteiger partial charge in [-0.1, -0.05) is 18.1 Å². The Morgan fingerprint density at radius 2 is 1.87 bits per heavy atom. The molecule has 4 rings (SSSR count). The minimum absolute atomic E-state index is 0.510. The number of amides is 1. The summed E-state index contributed by atoms with van der Waals surface area (Å²) in [7, 11) is 0. The van der Waals surface area contributed by atoms with Gasteiger partial charge in [-0.3, -0.25) is 4.79 Å². The van der Waals surface area contributed by atoms with Crippen LogP contribution in [0.25, 0.3) is 11.1 Å². The molecule has 9 heteroatoms. The van der Waals surface area contributed by atoms with Crippen molar-refractivity contribution in [1.29, 1.82) is 0 Å². The molecule has 0 saturated carbocycles. The summed E-state index contributed by atoms with van der Waals surface area (Å²) in [6.07, 6.45) is -7.56. The van der Waals surface area contributed by atoms with Crippen molar-refractivity contribution in [2.24, 2.45) is 0 Å². The predicted molar refractivity (Wildman–Crippen MR) is 101 cm³/mol. The largest absolute Gasteiger partial charge is 0.573 e. The molecule has 0 spiro atoms. The number of hydrogen-bond donors (Lipinski definition) is 0. The van der Waals surface area contributed by atoms with Crippen LogP contribution in [0.15, 0.2) is 60.7 Å². The third-order valence-electron chi connectivity index (χ3n) is 3.22. The van der Waals surface area contributed by atoms with Gasteiger partial charge < -0.3 is 14.4 Å². The van der Waals surface area contributed by atoms with Gasteiger partial charge in [-0.2, -0.15) is 0 Å². The molecule has 2 aromatic carbocycles. The lowest BCUT2D eigenvalue weighted by Crippen LogP contribution is -2.32. The van der Waals surface area contributed by atoms with E-state index in [-0.39, 0.29) is 0 Å². The molecule has 0 aliphatic carbocycles. The van der Waals surface area contributed by atoms with Crippen molar-refractivity contribution in [3.8, 4) is 22.6 Å². The van der Waals surface area contributed by atoms with Crippen LogP contribution >= 0.6 is 0 Å². The minimum atomic E-state index is -5.47. The molecular weight excluding hydrogens is 399 g/mol. The molecule has 3 aromatic rings. The first-order chi connectivity index (χ1) is 20.8. The van der Waals surface area contributed by atoms with Gasteiger partial charge in [0.05, 0.1) is 40.5 Å². The Labute approximate surface area is 192 Å². The van der Waals surface area contributed by atoms with Crippen molar-refractivity contribution in [2.45, 2.75) is 12.9 Å². The van der Waals surface area contributed by atoms with E-state index >= 15 is 0 Å². The van der Waals surface area contributed by atoms with Crippen molar-refractivity contribution < 1.29 is 49.4 Å². The SMILES string of the molecule is [2H]c1nc(C([2H])([2H])N2C(=O)c3c([2H])c(-c4c([2H])c([2H])c(OC(F)(F)F)c([2H])c4[2H])c([2H])c([2H])c3OC([2H])([2H])C2([2H])[2H])nc([2H])c1[2H]. The summed E-state index contributed by atoms with van der Waals surface area (Å²) < 4.78 is 178. The van der Waals surface area contributed by atoms with Crippen molar-refractivity contribution >= 4 is 5.91 Å². The lowest BCUT2D eigenvalue weighted by Gasteiger charge is -2.19. The molecular formula is C21H16F3N3O3. The Hall–Kier alpha value is -3.62. The smallest absolute Gasteiger partial charge is 0.491 e. The minimum Gasteiger partial charge on any atom is -0.491 e. The average Bonchev–Trinajstić information content (AvgIpc) is 2.98. The number of ether oxygens (including phenoxy) is 2. The van der Waals surface area contributed by atoms with Gasteiger partial charge >= 0.3 is 6.36 Å². The number of carbonyl (C=O) groups is 1. The Kier molecular flexibility index (Phi) is 2.20. The maximum Gasteiger partial charge on any atom is 0.573 e. The highest BCUT2D eigenvalue weighted by atomic mass is 19.4. The number of benzene rings is 2. The number of alkyl halides is 3. The molecule has 154 valence electrons. The molecule has 0 fully saturated rings. The summed E-state index contributed by atoms with van der Waals surface area (Å²) in [5, 5.41) is 0. The van der Waals surface area contributed by atoms with Crippen LogP contribution in [0.1, 0.15) is 38.1 Å². The van der Waals surface area contributed by atoms with Crippen molar-refractivity contribution in [2.75, 3.05) is 13.1 Å². The molecule has 0 atom stereocenters. The molecule has 1 aliphatic heterocycles. The first-order valence-corrected chi connectivity index (χ1v) is 7.65. The molecule has 0 radical (unpaired) electrons. The van der Waals surface area contributed by atoms with Gasteiger partial charge in [-0.05, 0) is 41.3 Å². The summed E-state index contributed by atoms with van der Waals surface area (Å²) in [5.41, 5.74) is -3.57. The summed E-state index contributed by atoms with van der Waals surface area (Å²) in [6.45, 7) is -11.4. The summed E-state index contributed by atoms with van der Waals surface area (Å²) >= 11 is 0. The van der Waals surface area contributed by atoms with Gasteiger partial charge in [0.1, 0.15) is 23.9 Å². The number of carbonyl (C=O) groups excluding carboxylic acids is 1. The van der Waals surface area contributed by atoms with Crippen molar-refractivity contribution in [3.05, 3.63) is 72.1 Å². The number of fused-ring (bicyclic) bond motifs is 1. The van der Waals surface area contributed by atoms with E-state index in [0.717, 1.165) is 0 Å². The van der Waals surface area contributed by atoms with E-state index in [2.05, 4.69) is 14.7 Å². The van der Waals surface area contributed by atoms with E-state index in [1.165, 1.54) is 0 Å². The van der Waals surface area contributed by atoms with E-state index in [0.29, 0.717) is 0 Å². The second-order valence-electron chi connectivity index (χ2n) is 5.17. The van der Waals surface area contributed by atoms with Crippen LogP contribution in [-0.4, -0.2) is 40.2 Å². The van der Waals surface area contributed by atoms with E-state index in [4.69, 9.17) is 26.7 Å². The fourth-order valence-electron chi connectivity index (χ4n) is 2.06. The lowest BCUT2D eigenvalue weighted by atomic mass is 10.0. The lowest BCUT2D eigenvalue weighted by molar-refractivity contribution is -0.274. The Morgan fingerprint density at radius 3 is 2.57 bits per heavy atom. The average molecular weight is 431 g/mol. The second kappa shape index (κ2) is 8.02. The highest BCUT2D eigenvalue weighted by Crippen LogP contribution is 2.31. The predicted octanol–water partition coefficient (Wildman–Crippen LogP) is 4.08. The van der Waals surface area contributed by atoms with Gasteiger partial charge in [0, 0.05) is 12.3 Å². The number of aromatic nitrogens is 2. The molecule has 30 heavy (non-hydrogen) atoms. The van der Waals surface area contributed by atoms with Crippen molar-refractivity contribution in [3.63, 3.8) is 0 Å². The van der Waals surface area contributed by atoms with E-state index in [1.807, 2.05) is 0 Å². The van der Waals surface area contributed by atoms with E-state index in [9.17, 15) is 18.0 Å². The number of nitrogens with zero attached hydrogens (tertiary/aromatic N) is 3. The Bertz CT molecular complexity index is 1770. The highest BCUT2D eigenvalue weighted by molar-refractivity contribution is 5.98. The van der Waals surface area contributed by atoms with Crippen LogP contribution in [0.2, 0.25) is 0 Å². The van der Waals surface area contributed by atoms with Crippen LogP contribution in [0, 0.1) is 0 Å². The Morgan fingerprint density at radius 1 is 1.17 bits per heavy atom. The molecule has 1 amide bonds. The summed E-state index contributed by atoms with van der Waals surface area (Å²) in [6, 6.07) is -10.4. The first-order valence-electron chi connectivity index (χ1n) is 15.7. The van der Waals surface area contributed by atoms with Crippen LogP contribution < -0.4 is 9.47 Å². The second-order valence-corrected chi connectivity index (χ2v) is 5.17. The van der Waals surface area contributed by atoms with Crippen LogP contribution in [0.3, 0.4) is 0 Å². The molecule has 0 N–H and O–H groups in total. The third kappa shape index (κ3) is 4.51. The number of rotatable bonds is 4. The highest BCUT2D eigenvalue weighted by Gasteiger charge is 2.31. The molecule has 0 bridgehead atoms. The standard InChI is InChI=1S/C21H16F3N3O3/c22-21(23,24)30-16-5-2-14(3-6-16)15-4-7-18-17(12-15)20(28)27(10-11-29-18)13-19-25-8-1-9-26-19/h1-9,12H,10-11,13H2/i1D,2D,3D,4D,5D,6D,7D,8D,9D,10D2,11D2,12D,13D2. The number of hydrogen-bond acceptors (Lipinski definition) is 5. The monoisotopic (exact) mass is 431 g/mol. The Balaban J connectivity index is 2.10. The molecule has 6 nitrogen and oxygen atoms in total.